The summed E-state index contributed by atoms with van der Waals surface area (Å²) < 4.78 is 0. The molecule has 0 saturated carbocycles. The SMILES string of the molecule is CC(CNC(C)(C)C)N(C)c1ccccc1. The number of hydrogen-bond acceptors (Lipinski definition) is 2. The molecule has 1 rings (SSSR count). The maximum Gasteiger partial charge on any atom is 0.0383 e. The molecule has 0 aromatic heterocycles. The van der Waals surface area contributed by atoms with Gasteiger partial charge in [-0.25, -0.2) is 0 Å². The molecule has 0 heterocycles. The van der Waals surface area contributed by atoms with Crippen LogP contribution in [0.5, 0.6) is 0 Å². The molecule has 16 heavy (non-hydrogen) atoms. The second kappa shape index (κ2) is 5.35. The van der Waals surface area contributed by atoms with Gasteiger partial charge in [-0.05, 0) is 39.8 Å². The van der Waals surface area contributed by atoms with E-state index < -0.39 is 0 Å². The van der Waals surface area contributed by atoms with Gasteiger partial charge in [-0.3, -0.25) is 0 Å². The zero-order valence-electron chi connectivity index (χ0n) is 11.1. The molecule has 1 aromatic rings. The number of benzene rings is 1. The van der Waals surface area contributed by atoms with Gasteiger partial charge in [0.2, 0.25) is 0 Å². The van der Waals surface area contributed by atoms with Crippen LogP contribution in [0.25, 0.3) is 0 Å². The summed E-state index contributed by atoms with van der Waals surface area (Å²) in [6, 6.07) is 11.0. The van der Waals surface area contributed by atoms with E-state index in [1.54, 1.807) is 0 Å². The fraction of sp³-hybridized carbons (Fsp3) is 0.571. The van der Waals surface area contributed by atoms with Crippen molar-refractivity contribution >= 4 is 5.69 Å². The first-order valence-corrected chi connectivity index (χ1v) is 5.93. The number of nitrogens with one attached hydrogen (secondary N) is 1. The van der Waals surface area contributed by atoms with E-state index in [0.29, 0.717) is 6.04 Å². The Labute approximate surface area is 99.7 Å². The molecule has 1 aromatic carbocycles. The van der Waals surface area contributed by atoms with Crippen molar-refractivity contribution in [3.63, 3.8) is 0 Å². The van der Waals surface area contributed by atoms with Crippen LogP contribution < -0.4 is 10.2 Å². The van der Waals surface area contributed by atoms with Gasteiger partial charge in [-0.1, -0.05) is 18.2 Å². The third-order valence-corrected chi connectivity index (χ3v) is 2.75. The highest BCUT2D eigenvalue weighted by atomic mass is 15.2. The van der Waals surface area contributed by atoms with Gasteiger partial charge < -0.3 is 10.2 Å². The first-order valence-electron chi connectivity index (χ1n) is 5.93. The summed E-state index contributed by atoms with van der Waals surface area (Å²) in [7, 11) is 2.14. The monoisotopic (exact) mass is 220 g/mol. The number of nitrogens with zero attached hydrogens (tertiary/aromatic N) is 1. The first kappa shape index (κ1) is 13.0. The van der Waals surface area contributed by atoms with Gasteiger partial charge in [-0.2, -0.15) is 0 Å². The van der Waals surface area contributed by atoms with E-state index >= 15 is 0 Å². The van der Waals surface area contributed by atoms with Crippen molar-refractivity contribution in [2.24, 2.45) is 0 Å². The lowest BCUT2D eigenvalue weighted by molar-refractivity contribution is 0.408. The van der Waals surface area contributed by atoms with Gasteiger partial charge in [0.15, 0.2) is 0 Å². The van der Waals surface area contributed by atoms with Gasteiger partial charge in [0.1, 0.15) is 0 Å². The quantitative estimate of drug-likeness (QED) is 0.839. The van der Waals surface area contributed by atoms with Crippen molar-refractivity contribution in [2.45, 2.75) is 39.3 Å². The molecule has 0 bridgehead atoms. The fourth-order valence-electron chi connectivity index (χ4n) is 1.51. The van der Waals surface area contributed by atoms with Gasteiger partial charge in [0.25, 0.3) is 0 Å². The Morgan fingerprint density at radius 1 is 1.19 bits per heavy atom. The Kier molecular flexibility index (Phi) is 4.36. The van der Waals surface area contributed by atoms with Crippen molar-refractivity contribution < 1.29 is 0 Å². The molecular weight excluding hydrogens is 196 g/mol. The Morgan fingerprint density at radius 2 is 1.75 bits per heavy atom. The average Bonchev–Trinajstić information content (AvgIpc) is 2.25. The molecule has 0 saturated heterocycles. The Morgan fingerprint density at radius 3 is 2.25 bits per heavy atom. The Balaban J connectivity index is 2.52. The van der Waals surface area contributed by atoms with Crippen LogP contribution in [0, 0.1) is 0 Å². The van der Waals surface area contributed by atoms with Gasteiger partial charge in [-0.15, -0.1) is 0 Å². The van der Waals surface area contributed by atoms with Crippen molar-refractivity contribution in [1.29, 1.82) is 0 Å². The number of hydrogen-bond donors (Lipinski definition) is 1. The van der Waals surface area contributed by atoms with Crippen LogP contribution in [0.3, 0.4) is 0 Å². The topological polar surface area (TPSA) is 15.3 Å². The lowest BCUT2D eigenvalue weighted by Crippen LogP contribution is -2.45. The maximum atomic E-state index is 3.53. The third-order valence-electron chi connectivity index (χ3n) is 2.75. The summed E-state index contributed by atoms with van der Waals surface area (Å²) in [4.78, 5) is 2.30. The molecule has 0 aliphatic carbocycles. The second-order valence-corrected chi connectivity index (χ2v) is 5.43. The molecule has 2 heteroatoms. The smallest absolute Gasteiger partial charge is 0.0383 e. The lowest BCUT2D eigenvalue weighted by Gasteiger charge is -2.30. The fourth-order valence-corrected chi connectivity index (χ4v) is 1.51. The minimum Gasteiger partial charge on any atom is -0.371 e. The predicted molar refractivity (Wildman–Crippen MR) is 72.1 cm³/mol. The molecule has 0 aliphatic heterocycles. The summed E-state index contributed by atoms with van der Waals surface area (Å²) in [5.41, 5.74) is 1.46. The minimum absolute atomic E-state index is 0.186. The zero-order chi connectivity index (χ0) is 12.2. The number of likely N-dealkylation sites (N-methyl/N-ethyl adjacent to an activating group) is 1. The third kappa shape index (κ3) is 4.23. The van der Waals surface area contributed by atoms with Crippen LogP contribution in [-0.2, 0) is 0 Å². The van der Waals surface area contributed by atoms with Crippen LogP contribution in [0.4, 0.5) is 5.69 Å². The maximum absolute atomic E-state index is 3.53. The normalized spacial score (nSPS) is 13.6. The summed E-state index contributed by atoms with van der Waals surface area (Å²) >= 11 is 0. The molecule has 0 aliphatic rings. The largest absolute Gasteiger partial charge is 0.371 e. The molecule has 1 unspecified atom stereocenters. The predicted octanol–water partition coefficient (Wildman–Crippen LogP) is 2.90. The molecule has 0 radical (unpaired) electrons. The van der Waals surface area contributed by atoms with Crippen LogP contribution >= 0.6 is 0 Å². The molecule has 0 amide bonds. The average molecular weight is 220 g/mol. The van der Waals surface area contributed by atoms with Crippen LogP contribution in [0.1, 0.15) is 27.7 Å². The molecule has 1 N–H and O–H groups in total. The summed E-state index contributed by atoms with van der Waals surface area (Å²) in [6.07, 6.45) is 0. The van der Waals surface area contributed by atoms with Crippen molar-refractivity contribution in [3.05, 3.63) is 30.3 Å². The summed E-state index contributed by atoms with van der Waals surface area (Å²) in [6.45, 7) is 9.83. The standard InChI is InChI=1S/C14H24N2/c1-12(11-15-14(2,3)4)16(5)13-9-7-6-8-10-13/h6-10,12,15H,11H2,1-5H3. The van der Waals surface area contributed by atoms with Gasteiger partial charge in [0.05, 0.1) is 0 Å². The van der Waals surface area contributed by atoms with Gasteiger partial charge in [0, 0.05) is 30.9 Å². The van der Waals surface area contributed by atoms with E-state index in [2.05, 4.69) is 75.3 Å². The van der Waals surface area contributed by atoms with Crippen molar-refractivity contribution in [1.82, 2.24) is 5.32 Å². The van der Waals surface area contributed by atoms with Crippen molar-refractivity contribution in [3.8, 4) is 0 Å². The van der Waals surface area contributed by atoms with Crippen LogP contribution in [0.15, 0.2) is 30.3 Å². The van der Waals surface area contributed by atoms with E-state index in [-0.39, 0.29) is 5.54 Å². The Bertz CT molecular complexity index is 300. The number of rotatable bonds is 4. The minimum atomic E-state index is 0.186. The van der Waals surface area contributed by atoms with Crippen LogP contribution in [0.2, 0.25) is 0 Å². The van der Waals surface area contributed by atoms with E-state index in [0.717, 1.165) is 6.54 Å². The zero-order valence-corrected chi connectivity index (χ0v) is 11.1. The van der Waals surface area contributed by atoms with E-state index in [4.69, 9.17) is 0 Å². The highest BCUT2D eigenvalue weighted by Crippen LogP contribution is 2.14. The molecule has 90 valence electrons. The van der Waals surface area contributed by atoms with E-state index in [1.807, 2.05) is 0 Å². The second-order valence-electron chi connectivity index (χ2n) is 5.43. The molecular formula is C14H24N2. The summed E-state index contributed by atoms with van der Waals surface area (Å²) in [5.74, 6) is 0. The van der Waals surface area contributed by atoms with Gasteiger partial charge >= 0.3 is 0 Å². The molecule has 1 atom stereocenters. The first-order chi connectivity index (χ1) is 7.40. The molecule has 2 nitrogen and oxygen atoms in total. The summed E-state index contributed by atoms with van der Waals surface area (Å²) in [5, 5.41) is 3.53. The number of para-hydroxylation sites is 1. The van der Waals surface area contributed by atoms with E-state index in [1.165, 1.54) is 5.69 Å². The van der Waals surface area contributed by atoms with E-state index in [9.17, 15) is 0 Å². The number of anilines is 1. The lowest BCUT2D eigenvalue weighted by atomic mass is 10.1. The van der Waals surface area contributed by atoms with Crippen molar-refractivity contribution in [2.75, 3.05) is 18.5 Å². The van der Waals surface area contributed by atoms with Crippen LogP contribution in [-0.4, -0.2) is 25.2 Å². The highest BCUT2D eigenvalue weighted by Gasteiger charge is 2.14. The molecule has 0 spiro atoms. The Hall–Kier alpha value is -1.02. The highest BCUT2D eigenvalue weighted by molar-refractivity contribution is 5.45. The molecule has 0 fully saturated rings.